The van der Waals surface area contributed by atoms with E-state index >= 15 is 0 Å². The first-order valence-corrected chi connectivity index (χ1v) is 7.95. The minimum atomic E-state index is -1.24. The molecule has 3 rings (SSSR count). The Labute approximate surface area is 153 Å². The molecule has 1 N–H and O–H groups in total. The highest BCUT2D eigenvalue weighted by atomic mass is 35.5. The standard InChI is InChI=1S/C18H14ClFN4O2/c1-11-16(10-21-22-14-6-2-12(3-7-14)18(25)26)17(19)24(23-11)15-8-4-13(20)5-9-15/h2-10,22H,1H3,(H,25,26)/p-1/b21-10-. The van der Waals surface area contributed by atoms with Crippen LogP contribution in [0.15, 0.2) is 53.6 Å². The summed E-state index contributed by atoms with van der Waals surface area (Å²) in [4.78, 5) is 10.7. The molecule has 8 heteroatoms. The van der Waals surface area contributed by atoms with Crippen LogP contribution in [0.4, 0.5) is 10.1 Å². The van der Waals surface area contributed by atoms with Crippen molar-refractivity contribution in [1.29, 1.82) is 0 Å². The summed E-state index contributed by atoms with van der Waals surface area (Å²) < 4.78 is 14.5. The summed E-state index contributed by atoms with van der Waals surface area (Å²) in [7, 11) is 0. The van der Waals surface area contributed by atoms with Crippen molar-refractivity contribution < 1.29 is 14.3 Å². The summed E-state index contributed by atoms with van der Waals surface area (Å²) in [6.07, 6.45) is 1.51. The van der Waals surface area contributed by atoms with Crippen molar-refractivity contribution >= 4 is 29.5 Å². The number of nitrogens with zero attached hydrogens (tertiary/aromatic N) is 3. The fraction of sp³-hybridized carbons (Fsp3) is 0.0556. The molecule has 132 valence electrons. The number of aryl methyl sites for hydroxylation is 1. The van der Waals surface area contributed by atoms with Crippen molar-refractivity contribution in [2.24, 2.45) is 5.10 Å². The molecule has 2 aromatic carbocycles. The zero-order valence-corrected chi connectivity index (χ0v) is 14.4. The minimum absolute atomic E-state index is 0.0824. The van der Waals surface area contributed by atoms with E-state index in [1.165, 1.54) is 35.2 Å². The Morgan fingerprint density at radius 2 is 1.88 bits per heavy atom. The molecule has 0 bridgehead atoms. The van der Waals surface area contributed by atoms with Crippen LogP contribution in [-0.2, 0) is 0 Å². The number of aromatic nitrogens is 2. The van der Waals surface area contributed by atoms with Gasteiger partial charge in [-0.3, -0.25) is 5.43 Å². The number of benzene rings is 2. The Morgan fingerprint density at radius 3 is 2.50 bits per heavy atom. The van der Waals surface area contributed by atoms with Gasteiger partial charge in [0.05, 0.1) is 34.8 Å². The van der Waals surface area contributed by atoms with Gasteiger partial charge in [-0.2, -0.15) is 10.2 Å². The number of aromatic carboxylic acids is 1. The van der Waals surface area contributed by atoms with E-state index in [1.54, 1.807) is 31.2 Å². The van der Waals surface area contributed by atoms with Gasteiger partial charge in [0.25, 0.3) is 0 Å². The third-order valence-electron chi connectivity index (χ3n) is 3.63. The minimum Gasteiger partial charge on any atom is -0.545 e. The second-order valence-electron chi connectivity index (χ2n) is 5.41. The van der Waals surface area contributed by atoms with Gasteiger partial charge in [-0.25, -0.2) is 9.07 Å². The molecule has 0 radical (unpaired) electrons. The first-order chi connectivity index (χ1) is 12.5. The number of halogens is 2. The van der Waals surface area contributed by atoms with Gasteiger partial charge in [0.1, 0.15) is 11.0 Å². The fourth-order valence-electron chi connectivity index (χ4n) is 2.26. The molecule has 26 heavy (non-hydrogen) atoms. The topological polar surface area (TPSA) is 82.3 Å². The number of hydrazone groups is 1. The predicted octanol–water partition coefficient (Wildman–Crippen LogP) is 2.78. The lowest BCUT2D eigenvalue weighted by Gasteiger charge is -2.04. The van der Waals surface area contributed by atoms with Crippen LogP contribution in [-0.4, -0.2) is 22.0 Å². The second-order valence-corrected chi connectivity index (χ2v) is 5.77. The van der Waals surface area contributed by atoms with Gasteiger partial charge in [-0.15, -0.1) is 0 Å². The SMILES string of the molecule is Cc1nn(-c2ccc(F)cc2)c(Cl)c1/C=N\Nc1ccc(C(=O)[O-])cc1. The number of carboxylic acid groups (broad SMARTS) is 1. The summed E-state index contributed by atoms with van der Waals surface area (Å²) in [5.41, 5.74) is 5.35. The monoisotopic (exact) mass is 371 g/mol. The van der Waals surface area contributed by atoms with E-state index in [0.29, 0.717) is 27.8 Å². The average Bonchev–Trinajstić information content (AvgIpc) is 2.91. The maximum absolute atomic E-state index is 13.1. The molecule has 0 spiro atoms. The second kappa shape index (κ2) is 7.37. The van der Waals surface area contributed by atoms with Crippen molar-refractivity contribution in [3.8, 4) is 5.69 Å². The van der Waals surface area contributed by atoms with Crippen LogP contribution < -0.4 is 10.5 Å². The Kier molecular flexibility index (Phi) is 4.99. The summed E-state index contributed by atoms with van der Waals surface area (Å²) in [6.45, 7) is 1.78. The molecular formula is C18H13ClFN4O2-. The maximum Gasteiger partial charge on any atom is 0.142 e. The third-order valence-corrected chi connectivity index (χ3v) is 3.99. The molecule has 0 saturated heterocycles. The lowest BCUT2D eigenvalue weighted by Crippen LogP contribution is -2.21. The molecule has 0 saturated carbocycles. The summed E-state index contributed by atoms with van der Waals surface area (Å²) in [5.74, 6) is -1.58. The van der Waals surface area contributed by atoms with E-state index in [-0.39, 0.29) is 11.4 Å². The number of carbonyl (C=O) groups excluding carboxylic acids is 1. The predicted molar refractivity (Wildman–Crippen MR) is 95.3 cm³/mol. The number of carbonyl (C=O) groups is 1. The average molecular weight is 372 g/mol. The molecular weight excluding hydrogens is 359 g/mol. The van der Waals surface area contributed by atoms with Gasteiger partial charge >= 0.3 is 0 Å². The summed E-state index contributed by atoms with van der Waals surface area (Å²) in [5, 5.41) is 19.5. The molecule has 0 amide bonds. The first-order valence-electron chi connectivity index (χ1n) is 7.57. The van der Waals surface area contributed by atoms with Gasteiger partial charge in [-0.1, -0.05) is 23.7 Å². The molecule has 0 fully saturated rings. The van der Waals surface area contributed by atoms with Crippen LogP contribution in [0.1, 0.15) is 21.6 Å². The van der Waals surface area contributed by atoms with Gasteiger partial charge in [0, 0.05) is 0 Å². The largest absolute Gasteiger partial charge is 0.545 e. The van der Waals surface area contributed by atoms with E-state index in [0.717, 1.165) is 0 Å². The molecule has 3 aromatic rings. The Morgan fingerprint density at radius 1 is 1.23 bits per heavy atom. The van der Waals surface area contributed by atoms with Crippen molar-refractivity contribution in [3.05, 3.63) is 76.3 Å². The van der Waals surface area contributed by atoms with E-state index in [9.17, 15) is 14.3 Å². The van der Waals surface area contributed by atoms with Crippen LogP contribution in [0.3, 0.4) is 0 Å². The molecule has 0 aliphatic carbocycles. The number of anilines is 1. The molecule has 6 nitrogen and oxygen atoms in total. The zero-order chi connectivity index (χ0) is 18.7. The Hall–Kier alpha value is -3.19. The molecule has 0 aliphatic heterocycles. The highest BCUT2D eigenvalue weighted by molar-refractivity contribution is 6.32. The highest BCUT2D eigenvalue weighted by Crippen LogP contribution is 2.22. The van der Waals surface area contributed by atoms with Crippen LogP contribution in [0.25, 0.3) is 5.69 Å². The number of nitrogens with one attached hydrogen (secondary N) is 1. The van der Waals surface area contributed by atoms with E-state index in [4.69, 9.17) is 11.6 Å². The molecule has 0 atom stereocenters. The fourth-order valence-corrected chi connectivity index (χ4v) is 2.58. The van der Waals surface area contributed by atoms with Gasteiger partial charge in [0.2, 0.25) is 0 Å². The van der Waals surface area contributed by atoms with Gasteiger partial charge < -0.3 is 9.90 Å². The Bertz CT molecular complexity index is 966. The van der Waals surface area contributed by atoms with Crippen molar-refractivity contribution in [2.75, 3.05) is 5.43 Å². The Balaban J connectivity index is 1.78. The molecule has 0 aliphatic rings. The van der Waals surface area contributed by atoms with Crippen LogP contribution in [0, 0.1) is 12.7 Å². The first kappa shape index (κ1) is 17.6. The number of rotatable bonds is 5. The lowest BCUT2D eigenvalue weighted by atomic mass is 10.2. The van der Waals surface area contributed by atoms with Gasteiger partial charge in [0.15, 0.2) is 0 Å². The number of hydrogen-bond acceptors (Lipinski definition) is 5. The highest BCUT2D eigenvalue weighted by Gasteiger charge is 2.13. The van der Waals surface area contributed by atoms with E-state index in [1.807, 2.05) is 0 Å². The lowest BCUT2D eigenvalue weighted by molar-refractivity contribution is -0.255. The molecule has 0 unspecified atom stereocenters. The van der Waals surface area contributed by atoms with Crippen molar-refractivity contribution in [3.63, 3.8) is 0 Å². The van der Waals surface area contributed by atoms with E-state index in [2.05, 4.69) is 15.6 Å². The molecule has 1 aromatic heterocycles. The third kappa shape index (κ3) is 3.73. The molecule has 1 heterocycles. The van der Waals surface area contributed by atoms with Gasteiger partial charge in [-0.05, 0) is 48.9 Å². The van der Waals surface area contributed by atoms with E-state index < -0.39 is 5.97 Å². The quantitative estimate of drug-likeness (QED) is 0.552. The number of hydrogen-bond donors (Lipinski definition) is 1. The smallest absolute Gasteiger partial charge is 0.142 e. The number of carboxylic acids is 1. The summed E-state index contributed by atoms with van der Waals surface area (Å²) >= 11 is 6.36. The van der Waals surface area contributed by atoms with Crippen LogP contribution >= 0.6 is 11.6 Å². The zero-order valence-electron chi connectivity index (χ0n) is 13.6. The maximum atomic E-state index is 13.1. The van der Waals surface area contributed by atoms with Crippen molar-refractivity contribution in [1.82, 2.24) is 9.78 Å². The van der Waals surface area contributed by atoms with Crippen molar-refractivity contribution in [2.45, 2.75) is 6.92 Å². The van der Waals surface area contributed by atoms with Crippen LogP contribution in [0.5, 0.6) is 0 Å². The van der Waals surface area contributed by atoms with Crippen LogP contribution in [0.2, 0.25) is 5.15 Å². The normalized spacial score (nSPS) is 11.0. The summed E-state index contributed by atoms with van der Waals surface area (Å²) in [6, 6.07) is 11.8.